The number of carbonyl (C=O) groups is 1. The second-order valence-electron chi connectivity index (χ2n) is 8.10. The van der Waals surface area contributed by atoms with Crippen LogP contribution in [0.3, 0.4) is 0 Å². The molecule has 0 bridgehead atoms. The smallest absolute Gasteiger partial charge is 0.312 e. The minimum Gasteiger partial charge on any atom is -0.494 e. The first-order valence-corrected chi connectivity index (χ1v) is 10.1. The van der Waals surface area contributed by atoms with Crippen molar-refractivity contribution >= 4 is 17.3 Å². The first kappa shape index (κ1) is 23.5. The van der Waals surface area contributed by atoms with Crippen molar-refractivity contribution in [3.8, 4) is 5.75 Å². The number of methoxy groups -OCH3 is 2. The van der Waals surface area contributed by atoms with Gasteiger partial charge in [0, 0.05) is 12.5 Å². The lowest BCUT2D eigenvalue weighted by atomic mass is 9.69. The summed E-state index contributed by atoms with van der Waals surface area (Å²) < 4.78 is 10.8. The van der Waals surface area contributed by atoms with Gasteiger partial charge < -0.3 is 25.6 Å². The molecule has 0 saturated heterocycles. The van der Waals surface area contributed by atoms with E-state index in [9.17, 15) is 9.90 Å². The Kier molecular flexibility index (Phi) is 7.37. The average molecular weight is 415 g/mol. The lowest BCUT2D eigenvalue weighted by Crippen LogP contribution is -2.34. The fourth-order valence-corrected chi connectivity index (χ4v) is 4.02. The molecule has 0 heterocycles. The van der Waals surface area contributed by atoms with Gasteiger partial charge in [0.05, 0.1) is 31.9 Å². The molecule has 0 fully saturated rings. The van der Waals surface area contributed by atoms with Crippen molar-refractivity contribution in [2.24, 2.45) is 5.41 Å². The lowest BCUT2D eigenvalue weighted by Gasteiger charge is -2.35. The summed E-state index contributed by atoms with van der Waals surface area (Å²) in [7, 11) is 3.00. The van der Waals surface area contributed by atoms with E-state index in [1.807, 2.05) is 58.9 Å². The summed E-state index contributed by atoms with van der Waals surface area (Å²) in [6.07, 6.45) is 0. The predicted octanol–water partition coefficient (Wildman–Crippen LogP) is 4.15. The Morgan fingerprint density at radius 1 is 1.23 bits per heavy atom. The first-order chi connectivity index (χ1) is 14.1. The van der Waals surface area contributed by atoms with E-state index >= 15 is 0 Å². The number of esters is 1. The SMILES string of the molecule is CCNc1c(OC)cc(C(c2ccc(C)c(CO)c2)C(C)(C)C(=O)OC)c(C)c1N. The second-order valence-corrected chi connectivity index (χ2v) is 8.10. The van der Waals surface area contributed by atoms with Gasteiger partial charge in [0.2, 0.25) is 0 Å². The Morgan fingerprint density at radius 2 is 1.90 bits per heavy atom. The van der Waals surface area contributed by atoms with Crippen molar-refractivity contribution in [2.75, 3.05) is 31.8 Å². The summed E-state index contributed by atoms with van der Waals surface area (Å²) in [5, 5.41) is 13.1. The quantitative estimate of drug-likeness (QED) is 0.444. The summed E-state index contributed by atoms with van der Waals surface area (Å²) in [4.78, 5) is 12.8. The van der Waals surface area contributed by atoms with Crippen LogP contribution in [0.15, 0.2) is 24.3 Å². The number of ether oxygens (including phenoxy) is 2. The van der Waals surface area contributed by atoms with E-state index in [-0.39, 0.29) is 18.5 Å². The topological polar surface area (TPSA) is 93.8 Å². The number of nitrogens with one attached hydrogen (secondary N) is 1. The van der Waals surface area contributed by atoms with Gasteiger partial charge in [-0.3, -0.25) is 4.79 Å². The molecule has 30 heavy (non-hydrogen) atoms. The third kappa shape index (κ3) is 4.24. The highest BCUT2D eigenvalue weighted by atomic mass is 16.5. The molecule has 6 heteroatoms. The van der Waals surface area contributed by atoms with Crippen LogP contribution in [-0.4, -0.2) is 31.8 Å². The zero-order valence-corrected chi connectivity index (χ0v) is 19.1. The second kappa shape index (κ2) is 9.39. The lowest BCUT2D eigenvalue weighted by molar-refractivity contribution is -0.151. The predicted molar refractivity (Wildman–Crippen MR) is 121 cm³/mol. The summed E-state index contributed by atoms with van der Waals surface area (Å²) in [6.45, 7) is 10.3. The van der Waals surface area contributed by atoms with Crippen LogP contribution >= 0.6 is 0 Å². The van der Waals surface area contributed by atoms with E-state index in [4.69, 9.17) is 15.2 Å². The number of hydrogen-bond acceptors (Lipinski definition) is 6. The Labute approximate surface area is 179 Å². The van der Waals surface area contributed by atoms with Crippen molar-refractivity contribution in [2.45, 2.75) is 47.1 Å². The number of aryl methyl sites for hydroxylation is 1. The van der Waals surface area contributed by atoms with E-state index in [1.165, 1.54) is 7.11 Å². The number of nitrogens with two attached hydrogens (primary N) is 1. The highest BCUT2D eigenvalue weighted by Crippen LogP contribution is 2.47. The molecule has 164 valence electrons. The molecule has 1 atom stereocenters. The van der Waals surface area contributed by atoms with Gasteiger partial charge in [0.15, 0.2) is 0 Å². The van der Waals surface area contributed by atoms with Crippen LogP contribution in [0.5, 0.6) is 5.75 Å². The van der Waals surface area contributed by atoms with Crippen molar-refractivity contribution in [1.29, 1.82) is 0 Å². The van der Waals surface area contributed by atoms with Crippen molar-refractivity contribution in [3.63, 3.8) is 0 Å². The number of nitrogen functional groups attached to an aromatic ring is 1. The number of aliphatic hydroxyl groups excluding tert-OH is 1. The van der Waals surface area contributed by atoms with Gasteiger partial charge in [-0.1, -0.05) is 18.2 Å². The maximum absolute atomic E-state index is 12.8. The molecule has 4 N–H and O–H groups in total. The fraction of sp³-hybridized carbons (Fsp3) is 0.458. The van der Waals surface area contributed by atoms with E-state index < -0.39 is 5.41 Å². The molecule has 2 aromatic rings. The largest absolute Gasteiger partial charge is 0.494 e. The van der Waals surface area contributed by atoms with Gasteiger partial charge >= 0.3 is 5.97 Å². The third-order valence-electron chi connectivity index (χ3n) is 5.83. The van der Waals surface area contributed by atoms with Gasteiger partial charge in [0.25, 0.3) is 0 Å². The van der Waals surface area contributed by atoms with Gasteiger partial charge in [-0.05, 0) is 68.5 Å². The van der Waals surface area contributed by atoms with Crippen LogP contribution in [0.4, 0.5) is 11.4 Å². The first-order valence-electron chi connectivity index (χ1n) is 10.1. The zero-order chi connectivity index (χ0) is 22.6. The van der Waals surface area contributed by atoms with Crippen LogP contribution in [0, 0.1) is 19.3 Å². The van der Waals surface area contributed by atoms with Crippen LogP contribution in [0.25, 0.3) is 0 Å². The van der Waals surface area contributed by atoms with Gasteiger partial charge in [-0.25, -0.2) is 0 Å². The molecule has 0 radical (unpaired) electrons. The molecule has 0 aliphatic carbocycles. The Bertz CT molecular complexity index is 922. The molecule has 0 spiro atoms. The molecule has 0 saturated carbocycles. The minimum absolute atomic E-state index is 0.0746. The number of aliphatic hydroxyl groups is 1. The molecule has 0 aromatic heterocycles. The molecule has 2 rings (SSSR count). The highest BCUT2D eigenvalue weighted by molar-refractivity contribution is 5.82. The number of rotatable bonds is 8. The molecular formula is C24H34N2O4. The molecule has 0 aliphatic heterocycles. The van der Waals surface area contributed by atoms with Crippen LogP contribution in [-0.2, 0) is 16.1 Å². The molecule has 0 aliphatic rings. The molecule has 0 amide bonds. The van der Waals surface area contributed by atoms with Crippen LogP contribution in [0.1, 0.15) is 54.5 Å². The summed E-state index contributed by atoms with van der Waals surface area (Å²) in [5.74, 6) is -0.0656. The average Bonchev–Trinajstić information content (AvgIpc) is 2.73. The molecular weight excluding hydrogens is 380 g/mol. The minimum atomic E-state index is -0.890. The van der Waals surface area contributed by atoms with E-state index in [2.05, 4.69) is 5.32 Å². The zero-order valence-electron chi connectivity index (χ0n) is 19.1. The van der Waals surface area contributed by atoms with Crippen molar-refractivity contribution in [1.82, 2.24) is 0 Å². The summed E-state index contributed by atoms with van der Waals surface area (Å²) in [5.41, 5.74) is 11.4. The van der Waals surface area contributed by atoms with E-state index in [0.29, 0.717) is 18.0 Å². The van der Waals surface area contributed by atoms with Crippen molar-refractivity contribution < 1.29 is 19.4 Å². The van der Waals surface area contributed by atoms with E-state index in [1.54, 1.807) is 7.11 Å². The fourth-order valence-electron chi connectivity index (χ4n) is 4.02. The maximum atomic E-state index is 12.8. The van der Waals surface area contributed by atoms with Crippen LogP contribution < -0.4 is 15.8 Å². The van der Waals surface area contributed by atoms with Gasteiger partial charge in [-0.15, -0.1) is 0 Å². The summed E-state index contributed by atoms with van der Waals surface area (Å²) in [6, 6.07) is 7.84. The van der Waals surface area contributed by atoms with E-state index in [0.717, 1.165) is 33.5 Å². The van der Waals surface area contributed by atoms with Gasteiger partial charge in [0.1, 0.15) is 11.4 Å². The standard InChI is InChI=1S/C24H34N2O4/c1-8-26-22-19(29-6)12-18(15(3)21(22)25)20(24(4,5)23(28)30-7)16-10-9-14(2)17(11-16)13-27/h9-12,20,26-27H,8,13,25H2,1-7H3. The highest BCUT2D eigenvalue weighted by Gasteiger charge is 2.41. The molecule has 2 aromatic carbocycles. The Morgan fingerprint density at radius 3 is 2.43 bits per heavy atom. The maximum Gasteiger partial charge on any atom is 0.312 e. The Balaban J connectivity index is 2.85. The monoisotopic (exact) mass is 414 g/mol. The number of hydrogen-bond donors (Lipinski definition) is 3. The molecule has 6 nitrogen and oxygen atoms in total. The summed E-state index contributed by atoms with van der Waals surface area (Å²) >= 11 is 0. The Hall–Kier alpha value is -2.73. The number of anilines is 2. The van der Waals surface area contributed by atoms with Crippen molar-refractivity contribution in [3.05, 3.63) is 52.1 Å². The molecule has 1 unspecified atom stereocenters. The number of carbonyl (C=O) groups excluding carboxylic acids is 1. The number of benzene rings is 2. The normalized spacial score (nSPS) is 12.4. The van der Waals surface area contributed by atoms with Gasteiger partial charge in [-0.2, -0.15) is 0 Å². The third-order valence-corrected chi connectivity index (χ3v) is 5.83. The van der Waals surface area contributed by atoms with Crippen LogP contribution in [0.2, 0.25) is 0 Å².